The van der Waals surface area contributed by atoms with Gasteiger partial charge < -0.3 is 15.4 Å². The number of aromatic nitrogens is 1. The molecule has 3 heterocycles. The van der Waals surface area contributed by atoms with Crippen molar-refractivity contribution in [2.75, 3.05) is 31.3 Å². The largest absolute Gasteiger partial charge is 0.492 e. The number of thiazole rings is 1. The van der Waals surface area contributed by atoms with Gasteiger partial charge in [-0.2, -0.15) is 0 Å². The molecule has 1 aliphatic rings. The molecule has 1 atom stereocenters. The van der Waals surface area contributed by atoms with E-state index in [1.54, 1.807) is 23.1 Å². The van der Waals surface area contributed by atoms with E-state index < -0.39 is 0 Å². The van der Waals surface area contributed by atoms with Gasteiger partial charge >= 0.3 is 0 Å². The second kappa shape index (κ2) is 12.5. The first-order valence-electron chi connectivity index (χ1n) is 11.2. The molecule has 0 amide bonds. The van der Waals surface area contributed by atoms with Crippen molar-refractivity contribution < 1.29 is 9.53 Å². The van der Waals surface area contributed by atoms with Crippen molar-refractivity contribution >= 4 is 61.8 Å². The fourth-order valence-electron chi connectivity index (χ4n) is 3.84. The number of nitrogens with one attached hydrogen (secondary N) is 3. The topological polar surface area (TPSA) is 75.3 Å². The number of ketones is 1. The maximum atomic E-state index is 12.2. The van der Waals surface area contributed by atoms with E-state index in [0.717, 1.165) is 64.5 Å². The Morgan fingerprint density at radius 1 is 1.32 bits per heavy atom. The molecule has 0 aliphatic carbocycles. The number of carbonyl (C=O) groups is 1. The Kier molecular flexibility index (Phi) is 9.44. The molecule has 1 aromatic carbocycles. The number of ether oxygens (including phenoxy) is 1. The van der Waals surface area contributed by atoms with Gasteiger partial charge in [0, 0.05) is 34.7 Å². The number of rotatable bonds is 12. The highest BCUT2D eigenvalue weighted by Crippen LogP contribution is 2.34. The van der Waals surface area contributed by atoms with Crippen LogP contribution in [0.1, 0.15) is 38.6 Å². The van der Waals surface area contributed by atoms with Crippen molar-refractivity contribution in [1.29, 1.82) is 0 Å². The lowest BCUT2D eigenvalue weighted by atomic mass is 10.1. The standard InChI is InChI=1S/C24H29BrN4O2S3/c1-15-21(34-14-28-15)4-8-31-23-16(10-17(32-2)11-18(23)25)13-26-6-3-7-27-22-12-20(30)24-19(29-22)5-9-33-24/h5,9-11,14,22,26-27,29H,3-4,6-8,12-13H2,1-2H3. The predicted octanol–water partition coefficient (Wildman–Crippen LogP) is 5.71. The number of hydrogen-bond donors (Lipinski definition) is 3. The maximum absolute atomic E-state index is 12.2. The molecule has 0 fully saturated rings. The van der Waals surface area contributed by atoms with Crippen LogP contribution in [-0.4, -0.2) is 42.9 Å². The summed E-state index contributed by atoms with van der Waals surface area (Å²) in [7, 11) is 0. The van der Waals surface area contributed by atoms with Gasteiger partial charge in [-0.05, 0) is 72.2 Å². The van der Waals surface area contributed by atoms with E-state index in [9.17, 15) is 4.79 Å². The van der Waals surface area contributed by atoms with Crippen LogP contribution in [0.25, 0.3) is 0 Å². The molecular weight excluding hydrogens is 552 g/mol. The molecule has 2 aromatic heterocycles. The van der Waals surface area contributed by atoms with Crippen molar-refractivity contribution in [3.05, 3.63) is 54.6 Å². The van der Waals surface area contributed by atoms with Crippen molar-refractivity contribution in [3.8, 4) is 5.75 Å². The highest BCUT2D eigenvalue weighted by molar-refractivity contribution is 9.10. The number of hydrogen-bond acceptors (Lipinski definition) is 9. The van der Waals surface area contributed by atoms with Gasteiger partial charge in [-0.1, -0.05) is 0 Å². The second-order valence-corrected chi connectivity index (χ2v) is 11.6. The van der Waals surface area contributed by atoms with E-state index in [2.05, 4.69) is 55.3 Å². The summed E-state index contributed by atoms with van der Waals surface area (Å²) in [6, 6.07) is 6.29. The quantitative estimate of drug-likeness (QED) is 0.187. The minimum absolute atomic E-state index is 0.00556. The molecule has 4 rings (SSSR count). The van der Waals surface area contributed by atoms with Gasteiger partial charge in [-0.3, -0.25) is 10.1 Å². The van der Waals surface area contributed by atoms with E-state index in [1.165, 1.54) is 21.1 Å². The van der Waals surface area contributed by atoms with Crippen molar-refractivity contribution in [1.82, 2.24) is 15.6 Å². The molecular formula is C24H29BrN4O2S3. The van der Waals surface area contributed by atoms with Gasteiger partial charge in [0.05, 0.1) is 39.0 Å². The molecule has 0 spiro atoms. The summed E-state index contributed by atoms with van der Waals surface area (Å²) in [6.07, 6.45) is 4.41. The van der Waals surface area contributed by atoms with Gasteiger partial charge in [-0.25, -0.2) is 4.98 Å². The number of halogens is 1. The van der Waals surface area contributed by atoms with Crippen LogP contribution in [0.2, 0.25) is 0 Å². The Morgan fingerprint density at radius 2 is 2.21 bits per heavy atom. The number of benzene rings is 1. The minimum atomic E-state index is 0.00556. The Morgan fingerprint density at radius 3 is 3.00 bits per heavy atom. The Bertz CT molecular complexity index is 1120. The summed E-state index contributed by atoms with van der Waals surface area (Å²) >= 11 is 8.62. The molecule has 0 saturated heterocycles. The van der Waals surface area contributed by atoms with E-state index in [-0.39, 0.29) is 11.9 Å². The fourth-order valence-corrected chi connectivity index (χ4v) is 6.67. The number of carbonyl (C=O) groups excluding carboxylic acids is 1. The smallest absolute Gasteiger partial charge is 0.178 e. The molecule has 10 heteroatoms. The lowest BCUT2D eigenvalue weighted by molar-refractivity contribution is 0.0972. The summed E-state index contributed by atoms with van der Waals surface area (Å²) in [6.45, 7) is 5.11. The van der Waals surface area contributed by atoms with Crippen LogP contribution in [0.4, 0.5) is 5.69 Å². The van der Waals surface area contributed by atoms with Crippen LogP contribution in [0.5, 0.6) is 5.75 Å². The summed E-state index contributed by atoms with van der Waals surface area (Å²) in [5, 5.41) is 12.4. The lowest BCUT2D eigenvalue weighted by Crippen LogP contribution is -2.41. The lowest BCUT2D eigenvalue weighted by Gasteiger charge is -2.25. The van der Waals surface area contributed by atoms with Crippen LogP contribution in [0.3, 0.4) is 0 Å². The molecule has 1 unspecified atom stereocenters. The normalized spacial score (nSPS) is 15.3. The first kappa shape index (κ1) is 25.7. The first-order valence-corrected chi connectivity index (χ1v) is 15.0. The van der Waals surface area contributed by atoms with Crippen LogP contribution in [-0.2, 0) is 13.0 Å². The Balaban J connectivity index is 1.23. The average Bonchev–Trinajstić information content (AvgIpc) is 3.46. The maximum Gasteiger partial charge on any atom is 0.178 e. The number of Topliss-reactive ketones (excluding diaryl/α,β-unsaturated/α-hetero) is 1. The summed E-state index contributed by atoms with van der Waals surface area (Å²) < 4.78 is 7.20. The third kappa shape index (κ3) is 6.61. The van der Waals surface area contributed by atoms with Crippen molar-refractivity contribution in [2.45, 2.75) is 43.8 Å². The second-order valence-electron chi connectivity index (χ2n) is 8.03. The highest BCUT2D eigenvalue weighted by Gasteiger charge is 2.24. The summed E-state index contributed by atoms with van der Waals surface area (Å²) in [4.78, 5) is 19.9. The summed E-state index contributed by atoms with van der Waals surface area (Å²) in [5.41, 5.74) is 5.08. The first-order chi connectivity index (χ1) is 16.5. The average molecular weight is 582 g/mol. The Labute approximate surface area is 221 Å². The summed E-state index contributed by atoms with van der Waals surface area (Å²) in [5.74, 6) is 1.12. The predicted molar refractivity (Wildman–Crippen MR) is 147 cm³/mol. The van der Waals surface area contributed by atoms with Crippen LogP contribution >= 0.6 is 50.4 Å². The molecule has 0 radical (unpaired) electrons. The zero-order valence-corrected chi connectivity index (χ0v) is 23.3. The van der Waals surface area contributed by atoms with Crippen molar-refractivity contribution in [3.63, 3.8) is 0 Å². The van der Waals surface area contributed by atoms with E-state index in [0.29, 0.717) is 13.0 Å². The number of fused-ring (bicyclic) bond motifs is 1. The van der Waals surface area contributed by atoms with E-state index >= 15 is 0 Å². The Hall–Kier alpha value is -1.43. The van der Waals surface area contributed by atoms with Gasteiger partial charge in [0.25, 0.3) is 0 Å². The molecule has 182 valence electrons. The zero-order valence-electron chi connectivity index (χ0n) is 19.3. The molecule has 0 bridgehead atoms. The number of nitrogens with zero attached hydrogens (tertiary/aromatic N) is 1. The molecule has 6 nitrogen and oxygen atoms in total. The van der Waals surface area contributed by atoms with E-state index in [1.807, 2.05) is 23.9 Å². The molecule has 34 heavy (non-hydrogen) atoms. The van der Waals surface area contributed by atoms with Gasteiger partial charge in [0.1, 0.15) is 5.75 Å². The SMILES string of the molecule is CSc1cc(Br)c(OCCc2scnc2C)c(CNCCCNC2CC(=O)c3sccc3N2)c1. The van der Waals surface area contributed by atoms with Crippen molar-refractivity contribution in [2.24, 2.45) is 0 Å². The number of aryl methyl sites for hydroxylation is 1. The van der Waals surface area contributed by atoms with E-state index in [4.69, 9.17) is 4.74 Å². The molecule has 3 aromatic rings. The number of anilines is 1. The minimum Gasteiger partial charge on any atom is -0.492 e. The van der Waals surface area contributed by atoms with Gasteiger partial charge in [0.15, 0.2) is 5.78 Å². The van der Waals surface area contributed by atoms with Crippen LogP contribution in [0, 0.1) is 6.92 Å². The van der Waals surface area contributed by atoms with Gasteiger partial charge in [-0.15, -0.1) is 34.4 Å². The number of thioether (sulfide) groups is 1. The molecule has 1 aliphatic heterocycles. The zero-order chi connectivity index (χ0) is 23.9. The monoisotopic (exact) mass is 580 g/mol. The molecule has 0 saturated carbocycles. The van der Waals surface area contributed by atoms with Gasteiger partial charge in [0.2, 0.25) is 0 Å². The molecule has 3 N–H and O–H groups in total. The third-order valence-electron chi connectivity index (χ3n) is 5.62. The fraction of sp³-hybridized carbons (Fsp3) is 0.417. The third-order valence-corrected chi connectivity index (χ3v) is 8.87. The van der Waals surface area contributed by atoms with Crippen LogP contribution in [0.15, 0.2) is 38.5 Å². The van der Waals surface area contributed by atoms with Crippen LogP contribution < -0.4 is 20.7 Å². The number of thiophene rings is 1. The highest BCUT2D eigenvalue weighted by atomic mass is 79.9.